The Balaban J connectivity index is 2.29. The number of aromatic nitrogens is 1. The van der Waals surface area contributed by atoms with Crippen LogP contribution in [0.4, 0.5) is 0 Å². The van der Waals surface area contributed by atoms with Crippen molar-refractivity contribution in [1.82, 2.24) is 4.57 Å². The molecule has 0 bridgehead atoms. The van der Waals surface area contributed by atoms with Crippen molar-refractivity contribution in [3.8, 4) is 0 Å². The number of esters is 2. The smallest absolute Gasteiger partial charge is 0.334 e. The Morgan fingerprint density at radius 1 is 1.00 bits per heavy atom. The number of methoxy groups -OCH3 is 2. The SMILES string of the molecule is COC(=O)C1(C(=O)OC)c2cc(C)ccc2C(=O)c2c1n(C)c1ccccc21. The second kappa shape index (κ2) is 6.05. The predicted octanol–water partition coefficient (Wildman–Crippen LogP) is 2.66. The lowest BCUT2D eigenvalue weighted by molar-refractivity contribution is -0.159. The molecule has 1 aliphatic rings. The first kappa shape index (κ1) is 18.0. The molecule has 0 N–H and O–H groups in total. The van der Waals surface area contributed by atoms with Crippen molar-refractivity contribution in [3.05, 3.63) is 70.4 Å². The first-order valence-corrected chi connectivity index (χ1v) is 8.80. The van der Waals surface area contributed by atoms with Gasteiger partial charge in [0.25, 0.3) is 0 Å². The molecule has 0 amide bonds. The molecule has 6 heteroatoms. The van der Waals surface area contributed by atoms with E-state index in [0.717, 1.165) is 11.1 Å². The van der Waals surface area contributed by atoms with Crippen molar-refractivity contribution in [2.24, 2.45) is 7.05 Å². The summed E-state index contributed by atoms with van der Waals surface area (Å²) in [5.41, 5.74) is 0.844. The Kier molecular flexibility index (Phi) is 3.89. The van der Waals surface area contributed by atoms with Gasteiger partial charge < -0.3 is 14.0 Å². The molecule has 142 valence electrons. The first-order chi connectivity index (χ1) is 13.4. The number of hydrogen-bond acceptors (Lipinski definition) is 5. The zero-order chi connectivity index (χ0) is 20.2. The highest BCUT2D eigenvalue weighted by atomic mass is 16.5. The molecule has 0 atom stereocenters. The number of para-hydroxylation sites is 1. The maximum absolute atomic E-state index is 13.4. The van der Waals surface area contributed by atoms with Crippen LogP contribution >= 0.6 is 0 Å². The molecule has 28 heavy (non-hydrogen) atoms. The van der Waals surface area contributed by atoms with Crippen molar-refractivity contribution in [3.63, 3.8) is 0 Å². The molecular formula is C22H19NO5. The van der Waals surface area contributed by atoms with Crippen molar-refractivity contribution >= 4 is 28.6 Å². The molecule has 0 spiro atoms. The van der Waals surface area contributed by atoms with Gasteiger partial charge in [-0.2, -0.15) is 0 Å². The van der Waals surface area contributed by atoms with Crippen LogP contribution in [0.3, 0.4) is 0 Å². The van der Waals surface area contributed by atoms with E-state index < -0.39 is 17.4 Å². The average molecular weight is 377 g/mol. The number of hydrogen-bond donors (Lipinski definition) is 0. The first-order valence-electron chi connectivity index (χ1n) is 8.80. The fourth-order valence-electron chi connectivity index (χ4n) is 4.29. The van der Waals surface area contributed by atoms with Gasteiger partial charge in [-0.3, -0.25) is 14.4 Å². The minimum absolute atomic E-state index is 0.231. The van der Waals surface area contributed by atoms with Crippen LogP contribution in [0.1, 0.15) is 32.7 Å². The zero-order valence-corrected chi connectivity index (χ0v) is 16.0. The number of carbonyl (C=O) groups is 3. The summed E-state index contributed by atoms with van der Waals surface area (Å²) >= 11 is 0. The number of benzene rings is 2. The molecule has 1 aliphatic carbocycles. The standard InChI is InChI=1S/C22H19NO5/c1-12-9-10-13-15(11-12)22(20(25)27-3,21(26)28-4)19-17(18(13)24)14-7-5-6-8-16(14)23(19)2/h5-11H,1-4H3. The number of ether oxygens (including phenoxy) is 2. The van der Waals surface area contributed by atoms with E-state index in [0.29, 0.717) is 16.5 Å². The molecule has 0 unspecified atom stereocenters. The summed E-state index contributed by atoms with van der Waals surface area (Å²) in [4.78, 5) is 39.9. The summed E-state index contributed by atoms with van der Waals surface area (Å²) in [6.45, 7) is 1.83. The van der Waals surface area contributed by atoms with Gasteiger partial charge >= 0.3 is 11.9 Å². The van der Waals surface area contributed by atoms with Crippen molar-refractivity contribution in [2.75, 3.05) is 14.2 Å². The van der Waals surface area contributed by atoms with E-state index in [1.54, 1.807) is 29.8 Å². The highest BCUT2D eigenvalue weighted by Crippen LogP contribution is 2.47. The topological polar surface area (TPSA) is 74.6 Å². The predicted molar refractivity (Wildman–Crippen MR) is 102 cm³/mol. The van der Waals surface area contributed by atoms with Gasteiger partial charge in [0.05, 0.1) is 25.5 Å². The van der Waals surface area contributed by atoms with E-state index in [9.17, 15) is 14.4 Å². The zero-order valence-electron chi connectivity index (χ0n) is 16.0. The third-order valence-corrected chi connectivity index (χ3v) is 5.50. The molecule has 0 saturated carbocycles. The van der Waals surface area contributed by atoms with Gasteiger partial charge in [-0.1, -0.05) is 42.0 Å². The highest BCUT2D eigenvalue weighted by Gasteiger charge is 2.59. The van der Waals surface area contributed by atoms with Crippen LogP contribution in [0.15, 0.2) is 42.5 Å². The summed E-state index contributed by atoms with van der Waals surface area (Å²) in [5.74, 6) is -1.80. The molecule has 2 aromatic carbocycles. The Hall–Kier alpha value is -3.41. The second-order valence-electron chi connectivity index (χ2n) is 6.91. The number of aryl methyl sites for hydroxylation is 2. The molecule has 0 aliphatic heterocycles. The van der Waals surface area contributed by atoms with Gasteiger partial charge in [0.1, 0.15) is 0 Å². The quantitative estimate of drug-likeness (QED) is 0.507. The normalized spacial score (nSPS) is 14.4. The van der Waals surface area contributed by atoms with Crippen LogP contribution in [-0.2, 0) is 31.5 Å². The van der Waals surface area contributed by atoms with Gasteiger partial charge in [0.15, 0.2) is 5.78 Å². The van der Waals surface area contributed by atoms with Crippen molar-refractivity contribution in [2.45, 2.75) is 12.3 Å². The van der Waals surface area contributed by atoms with Crippen LogP contribution in [-0.4, -0.2) is 36.5 Å². The molecule has 1 aromatic heterocycles. The van der Waals surface area contributed by atoms with E-state index in [2.05, 4.69) is 0 Å². The van der Waals surface area contributed by atoms with Gasteiger partial charge in [0, 0.05) is 23.5 Å². The maximum atomic E-state index is 13.4. The summed E-state index contributed by atoms with van der Waals surface area (Å²) < 4.78 is 11.9. The third-order valence-electron chi connectivity index (χ3n) is 5.50. The van der Waals surface area contributed by atoms with Crippen LogP contribution in [0.2, 0.25) is 0 Å². The van der Waals surface area contributed by atoms with Gasteiger partial charge in [-0.05, 0) is 18.6 Å². The second-order valence-corrected chi connectivity index (χ2v) is 6.91. The summed E-state index contributed by atoms with van der Waals surface area (Å²) in [6, 6.07) is 12.4. The van der Waals surface area contributed by atoms with Crippen LogP contribution in [0.5, 0.6) is 0 Å². The largest absolute Gasteiger partial charge is 0.468 e. The lowest BCUT2D eigenvalue weighted by Crippen LogP contribution is -2.51. The molecule has 0 saturated heterocycles. The van der Waals surface area contributed by atoms with Crippen LogP contribution < -0.4 is 0 Å². The van der Waals surface area contributed by atoms with Gasteiger partial charge in [-0.25, -0.2) is 0 Å². The maximum Gasteiger partial charge on any atom is 0.334 e. The monoisotopic (exact) mass is 377 g/mol. The van der Waals surface area contributed by atoms with Crippen molar-refractivity contribution in [1.29, 1.82) is 0 Å². The summed E-state index contributed by atoms with van der Waals surface area (Å²) in [7, 11) is 4.18. The van der Waals surface area contributed by atoms with E-state index in [-0.39, 0.29) is 17.0 Å². The molecule has 3 aromatic rings. The summed E-state index contributed by atoms with van der Waals surface area (Å²) in [5, 5.41) is 0.674. The van der Waals surface area contributed by atoms with E-state index in [1.165, 1.54) is 14.2 Å². The molecule has 4 rings (SSSR count). The van der Waals surface area contributed by atoms with Crippen LogP contribution in [0.25, 0.3) is 10.9 Å². The molecule has 6 nitrogen and oxygen atoms in total. The van der Waals surface area contributed by atoms with Crippen LogP contribution in [0, 0.1) is 6.92 Å². The number of rotatable bonds is 2. The molecule has 0 fully saturated rings. The average Bonchev–Trinajstić information content (AvgIpc) is 3.01. The third kappa shape index (κ3) is 2.00. The molecular weight excluding hydrogens is 358 g/mol. The van der Waals surface area contributed by atoms with E-state index >= 15 is 0 Å². The van der Waals surface area contributed by atoms with Crippen molar-refractivity contribution < 1.29 is 23.9 Å². The minimum Gasteiger partial charge on any atom is -0.468 e. The van der Waals surface area contributed by atoms with E-state index in [4.69, 9.17) is 9.47 Å². The summed E-state index contributed by atoms with van der Waals surface area (Å²) in [6.07, 6.45) is 0. The Labute approximate surface area is 161 Å². The highest BCUT2D eigenvalue weighted by molar-refractivity contribution is 6.26. The minimum atomic E-state index is -1.89. The molecule has 0 radical (unpaired) electrons. The lowest BCUT2D eigenvalue weighted by Gasteiger charge is -2.35. The number of fused-ring (bicyclic) bond motifs is 4. The number of carbonyl (C=O) groups excluding carboxylic acids is 3. The van der Waals surface area contributed by atoms with E-state index in [1.807, 2.05) is 31.2 Å². The number of nitrogens with zero attached hydrogens (tertiary/aromatic N) is 1. The number of ketones is 1. The lowest BCUT2D eigenvalue weighted by atomic mass is 9.68. The van der Waals surface area contributed by atoms with Gasteiger partial charge in [0.2, 0.25) is 5.41 Å². The Morgan fingerprint density at radius 2 is 1.64 bits per heavy atom. The molecule has 1 heterocycles. The fraction of sp³-hybridized carbons (Fsp3) is 0.227. The fourth-order valence-corrected chi connectivity index (χ4v) is 4.29. The Bertz CT molecular complexity index is 1160. The van der Waals surface area contributed by atoms with Gasteiger partial charge in [-0.15, -0.1) is 0 Å². The Morgan fingerprint density at radius 3 is 2.29 bits per heavy atom.